The third-order valence-corrected chi connectivity index (χ3v) is 5.50. The second-order valence-electron chi connectivity index (χ2n) is 5.95. The molecule has 0 unspecified atom stereocenters. The molecule has 0 bridgehead atoms. The molecule has 0 atom stereocenters. The Hall–Kier alpha value is -1.56. The largest absolute Gasteiger partial charge is 0.399 e. The summed E-state index contributed by atoms with van der Waals surface area (Å²) in [6.45, 7) is 2.76. The molecule has 5 nitrogen and oxygen atoms in total. The molecule has 3 N–H and O–H groups in total. The number of carbonyl (C=O) groups excluding carboxylic acids is 1. The highest BCUT2D eigenvalue weighted by molar-refractivity contribution is 7.90. The highest BCUT2D eigenvalue weighted by atomic mass is 32.2. The Labute approximate surface area is 125 Å². The van der Waals surface area contributed by atoms with Gasteiger partial charge in [-0.1, -0.05) is 13.3 Å². The maximum Gasteiger partial charge on any atom is 0.251 e. The van der Waals surface area contributed by atoms with Crippen molar-refractivity contribution in [2.75, 3.05) is 18.5 Å². The van der Waals surface area contributed by atoms with Crippen LogP contribution in [0.5, 0.6) is 0 Å². The molecule has 0 saturated heterocycles. The summed E-state index contributed by atoms with van der Waals surface area (Å²) in [4.78, 5) is 12.3. The third kappa shape index (κ3) is 3.56. The van der Waals surface area contributed by atoms with Crippen LogP contribution in [0.25, 0.3) is 0 Å². The van der Waals surface area contributed by atoms with Crippen LogP contribution >= 0.6 is 0 Å². The summed E-state index contributed by atoms with van der Waals surface area (Å²) in [5.41, 5.74) is 6.48. The zero-order chi connectivity index (χ0) is 15.7. The van der Waals surface area contributed by atoms with Crippen LogP contribution in [0.2, 0.25) is 0 Å². The molecule has 0 radical (unpaired) electrons. The van der Waals surface area contributed by atoms with Crippen LogP contribution in [-0.4, -0.2) is 27.1 Å². The average Bonchev–Trinajstić information content (AvgIpc) is 2.36. The Morgan fingerprint density at radius 3 is 2.48 bits per heavy atom. The summed E-state index contributed by atoms with van der Waals surface area (Å²) in [7, 11) is -3.38. The van der Waals surface area contributed by atoms with Crippen molar-refractivity contribution in [3.05, 3.63) is 23.8 Å². The first-order valence-electron chi connectivity index (χ1n) is 7.15. The number of hydrogen-bond donors (Lipinski definition) is 2. The zero-order valence-electron chi connectivity index (χ0n) is 12.5. The van der Waals surface area contributed by atoms with Gasteiger partial charge in [0.05, 0.1) is 4.90 Å². The molecule has 0 spiro atoms. The molecule has 2 rings (SSSR count). The van der Waals surface area contributed by atoms with Gasteiger partial charge in [0.25, 0.3) is 5.91 Å². The molecular formula is C15H22N2O3S. The van der Waals surface area contributed by atoms with Crippen molar-refractivity contribution < 1.29 is 13.2 Å². The number of nitrogen functional groups attached to an aromatic ring is 1. The van der Waals surface area contributed by atoms with Crippen LogP contribution < -0.4 is 11.1 Å². The van der Waals surface area contributed by atoms with E-state index in [1.807, 2.05) is 0 Å². The van der Waals surface area contributed by atoms with E-state index in [2.05, 4.69) is 12.2 Å². The Balaban J connectivity index is 2.14. The van der Waals surface area contributed by atoms with Gasteiger partial charge in [-0.25, -0.2) is 8.42 Å². The maximum atomic E-state index is 12.2. The molecule has 1 fully saturated rings. The quantitative estimate of drug-likeness (QED) is 0.814. The van der Waals surface area contributed by atoms with Gasteiger partial charge in [0.15, 0.2) is 9.84 Å². The van der Waals surface area contributed by atoms with E-state index in [0.717, 1.165) is 25.5 Å². The van der Waals surface area contributed by atoms with Gasteiger partial charge in [-0.3, -0.25) is 4.79 Å². The predicted octanol–water partition coefficient (Wildman–Crippen LogP) is 1.98. The molecule has 1 aliphatic carbocycles. The van der Waals surface area contributed by atoms with Crippen LogP contribution in [0.1, 0.15) is 43.0 Å². The summed E-state index contributed by atoms with van der Waals surface area (Å²) in [5.74, 6) is -0.271. The molecule has 116 valence electrons. The van der Waals surface area contributed by atoms with Gasteiger partial charge in [0, 0.05) is 24.1 Å². The topological polar surface area (TPSA) is 89.3 Å². The van der Waals surface area contributed by atoms with Gasteiger partial charge in [0.2, 0.25) is 0 Å². The van der Waals surface area contributed by atoms with Crippen molar-refractivity contribution in [1.82, 2.24) is 5.32 Å². The molecule has 1 saturated carbocycles. The lowest BCUT2D eigenvalue weighted by molar-refractivity contribution is 0.0850. The number of rotatable bonds is 5. The van der Waals surface area contributed by atoms with E-state index in [1.54, 1.807) is 0 Å². The molecule has 1 aromatic carbocycles. The second kappa shape index (κ2) is 5.67. The minimum Gasteiger partial charge on any atom is -0.399 e. The number of amides is 1. The zero-order valence-corrected chi connectivity index (χ0v) is 13.3. The fraction of sp³-hybridized carbons (Fsp3) is 0.533. The van der Waals surface area contributed by atoms with Crippen LogP contribution in [0, 0.1) is 5.41 Å². The van der Waals surface area contributed by atoms with Crippen LogP contribution in [0.4, 0.5) is 5.69 Å². The van der Waals surface area contributed by atoms with Crippen molar-refractivity contribution in [2.24, 2.45) is 5.41 Å². The molecular weight excluding hydrogens is 288 g/mol. The molecule has 6 heteroatoms. The number of carbonyl (C=O) groups is 1. The minimum absolute atomic E-state index is 0.0708. The highest BCUT2D eigenvalue weighted by Gasteiger charge is 2.35. The highest BCUT2D eigenvalue weighted by Crippen LogP contribution is 2.43. The third-order valence-electron chi connectivity index (χ3n) is 4.41. The van der Waals surface area contributed by atoms with Crippen LogP contribution in [0.15, 0.2) is 23.1 Å². The molecule has 1 aliphatic rings. The lowest BCUT2D eigenvalue weighted by Crippen LogP contribution is -2.41. The summed E-state index contributed by atoms with van der Waals surface area (Å²) >= 11 is 0. The van der Waals surface area contributed by atoms with Crippen LogP contribution in [-0.2, 0) is 9.84 Å². The number of sulfone groups is 1. The van der Waals surface area contributed by atoms with Gasteiger partial charge in [-0.2, -0.15) is 0 Å². The first-order chi connectivity index (χ1) is 9.76. The average molecular weight is 310 g/mol. The molecule has 1 amide bonds. The lowest BCUT2D eigenvalue weighted by Gasteiger charge is -2.41. The predicted molar refractivity (Wildman–Crippen MR) is 82.9 cm³/mol. The van der Waals surface area contributed by atoms with Gasteiger partial charge in [0.1, 0.15) is 0 Å². The second-order valence-corrected chi connectivity index (χ2v) is 7.97. The Morgan fingerprint density at radius 1 is 1.33 bits per heavy atom. The Morgan fingerprint density at radius 2 is 2.00 bits per heavy atom. The van der Waals surface area contributed by atoms with Crippen molar-refractivity contribution >= 4 is 21.4 Å². The maximum absolute atomic E-state index is 12.2. The van der Waals surface area contributed by atoms with E-state index < -0.39 is 9.84 Å². The minimum atomic E-state index is -3.38. The van der Waals surface area contributed by atoms with Crippen molar-refractivity contribution in [1.29, 1.82) is 0 Å². The SMILES string of the molecule is CCC1(CNC(=O)c2cc(N)cc(S(C)(=O)=O)c2)CCC1. The number of benzene rings is 1. The summed E-state index contributed by atoms with van der Waals surface area (Å²) in [6.07, 6.45) is 5.62. The Bertz CT molecular complexity index is 643. The molecule has 1 aromatic rings. The van der Waals surface area contributed by atoms with Gasteiger partial charge >= 0.3 is 0 Å². The molecule has 0 heterocycles. The van der Waals surface area contributed by atoms with Crippen LogP contribution in [0.3, 0.4) is 0 Å². The summed E-state index contributed by atoms with van der Waals surface area (Å²) < 4.78 is 23.2. The molecule has 21 heavy (non-hydrogen) atoms. The monoisotopic (exact) mass is 310 g/mol. The number of nitrogens with one attached hydrogen (secondary N) is 1. The Kier molecular flexibility index (Phi) is 4.27. The fourth-order valence-corrected chi connectivity index (χ4v) is 3.36. The van der Waals surface area contributed by atoms with E-state index >= 15 is 0 Å². The van der Waals surface area contributed by atoms with Crippen molar-refractivity contribution in [3.63, 3.8) is 0 Å². The summed E-state index contributed by atoms with van der Waals surface area (Å²) in [6, 6.07) is 4.25. The number of nitrogens with two attached hydrogens (primary N) is 1. The van der Waals surface area contributed by atoms with E-state index in [-0.39, 0.29) is 21.9 Å². The number of anilines is 1. The summed E-state index contributed by atoms with van der Waals surface area (Å²) in [5, 5.41) is 2.91. The molecule has 0 aliphatic heterocycles. The number of hydrogen-bond acceptors (Lipinski definition) is 4. The van der Waals surface area contributed by atoms with E-state index in [0.29, 0.717) is 12.1 Å². The first kappa shape index (κ1) is 15.8. The van der Waals surface area contributed by atoms with Crippen molar-refractivity contribution in [3.8, 4) is 0 Å². The smallest absolute Gasteiger partial charge is 0.251 e. The molecule has 0 aromatic heterocycles. The van der Waals surface area contributed by atoms with Gasteiger partial charge in [-0.05, 0) is 42.9 Å². The van der Waals surface area contributed by atoms with Crippen molar-refractivity contribution in [2.45, 2.75) is 37.5 Å². The normalized spacial score (nSPS) is 17.0. The van der Waals surface area contributed by atoms with E-state index in [1.165, 1.54) is 24.6 Å². The van der Waals surface area contributed by atoms with Gasteiger partial charge in [-0.15, -0.1) is 0 Å². The van der Waals surface area contributed by atoms with E-state index in [9.17, 15) is 13.2 Å². The van der Waals surface area contributed by atoms with E-state index in [4.69, 9.17) is 5.73 Å². The van der Waals surface area contributed by atoms with Gasteiger partial charge < -0.3 is 11.1 Å². The lowest BCUT2D eigenvalue weighted by atomic mass is 9.67. The standard InChI is InChI=1S/C15H22N2O3S/c1-3-15(5-4-6-15)10-17-14(18)11-7-12(16)9-13(8-11)21(2,19)20/h7-9H,3-6,10,16H2,1-2H3,(H,17,18). The fourth-order valence-electron chi connectivity index (χ4n) is 2.67. The first-order valence-corrected chi connectivity index (χ1v) is 9.04.